The first kappa shape index (κ1) is 26.0. The Labute approximate surface area is 207 Å². The maximum Gasteiger partial charge on any atom is 0.264 e. The second-order valence-electron chi connectivity index (χ2n) is 8.46. The maximum absolute atomic E-state index is 13.7. The van der Waals surface area contributed by atoms with Gasteiger partial charge in [0.1, 0.15) is 12.6 Å². The molecule has 0 fully saturated rings. The van der Waals surface area contributed by atoms with Crippen LogP contribution in [0.3, 0.4) is 0 Å². The highest BCUT2D eigenvalue weighted by Crippen LogP contribution is 2.25. The Morgan fingerprint density at radius 2 is 1.54 bits per heavy atom. The van der Waals surface area contributed by atoms with Crippen LogP contribution in [0.1, 0.15) is 23.6 Å². The molecule has 0 bridgehead atoms. The Bertz CT molecular complexity index is 1280. The van der Waals surface area contributed by atoms with E-state index in [9.17, 15) is 18.0 Å². The number of carbonyl (C=O) groups excluding carboxylic acids is 2. The van der Waals surface area contributed by atoms with Crippen molar-refractivity contribution in [1.29, 1.82) is 0 Å². The smallest absolute Gasteiger partial charge is 0.264 e. The lowest BCUT2D eigenvalue weighted by atomic mass is 10.1. The van der Waals surface area contributed by atoms with Crippen molar-refractivity contribution < 1.29 is 18.0 Å². The molecule has 1 unspecified atom stereocenters. The van der Waals surface area contributed by atoms with Crippen LogP contribution in [-0.2, 0) is 26.2 Å². The van der Waals surface area contributed by atoms with Crippen LogP contribution in [0.25, 0.3) is 0 Å². The molecule has 184 valence electrons. The summed E-state index contributed by atoms with van der Waals surface area (Å²) in [5, 5.41) is 2.58. The van der Waals surface area contributed by atoms with E-state index < -0.39 is 28.5 Å². The minimum atomic E-state index is -4.04. The molecule has 0 aromatic heterocycles. The molecule has 0 spiro atoms. The molecule has 0 aliphatic rings. The summed E-state index contributed by atoms with van der Waals surface area (Å²) in [6.07, 6.45) is 0. The summed E-state index contributed by atoms with van der Waals surface area (Å²) >= 11 is 0. The van der Waals surface area contributed by atoms with Crippen LogP contribution in [-0.4, -0.2) is 44.8 Å². The predicted octanol–water partition coefficient (Wildman–Crippen LogP) is 3.66. The fourth-order valence-corrected chi connectivity index (χ4v) is 5.14. The molecule has 0 radical (unpaired) electrons. The van der Waals surface area contributed by atoms with Crippen molar-refractivity contribution in [2.24, 2.45) is 0 Å². The average Bonchev–Trinajstić information content (AvgIpc) is 2.86. The van der Waals surface area contributed by atoms with Gasteiger partial charge in [0.25, 0.3) is 10.0 Å². The molecular formula is C27H31N3O4S. The second kappa shape index (κ2) is 11.2. The SMILES string of the molecule is CNC(=O)C(C)N(Cc1ccc(C)cc1)C(=O)CN(c1cccc(C)c1)S(=O)(=O)c1ccccc1. The lowest BCUT2D eigenvalue weighted by Crippen LogP contribution is -2.50. The van der Waals surface area contributed by atoms with Gasteiger partial charge in [-0.1, -0.05) is 60.2 Å². The number of anilines is 1. The number of benzene rings is 3. The van der Waals surface area contributed by atoms with Gasteiger partial charge in [-0.25, -0.2) is 8.42 Å². The number of nitrogens with zero attached hydrogens (tertiary/aromatic N) is 2. The zero-order valence-corrected chi connectivity index (χ0v) is 21.2. The van der Waals surface area contributed by atoms with Crippen LogP contribution in [0, 0.1) is 13.8 Å². The highest BCUT2D eigenvalue weighted by molar-refractivity contribution is 7.92. The molecule has 2 amide bonds. The van der Waals surface area contributed by atoms with Gasteiger partial charge in [0.15, 0.2) is 0 Å². The number of rotatable bonds is 9. The van der Waals surface area contributed by atoms with E-state index in [-0.39, 0.29) is 17.3 Å². The molecular weight excluding hydrogens is 462 g/mol. The fraction of sp³-hybridized carbons (Fsp3) is 0.259. The normalized spacial score (nSPS) is 12.0. The molecule has 3 aromatic carbocycles. The van der Waals surface area contributed by atoms with E-state index in [0.29, 0.717) is 5.69 Å². The van der Waals surface area contributed by atoms with E-state index in [1.54, 1.807) is 43.3 Å². The van der Waals surface area contributed by atoms with Crippen LogP contribution in [0.5, 0.6) is 0 Å². The predicted molar refractivity (Wildman–Crippen MR) is 137 cm³/mol. The summed E-state index contributed by atoms with van der Waals surface area (Å²) in [6.45, 7) is 5.17. The van der Waals surface area contributed by atoms with E-state index in [1.165, 1.54) is 24.1 Å². The molecule has 35 heavy (non-hydrogen) atoms. The van der Waals surface area contributed by atoms with Gasteiger partial charge in [0, 0.05) is 13.6 Å². The molecule has 1 N–H and O–H groups in total. The van der Waals surface area contributed by atoms with E-state index in [2.05, 4.69) is 5.32 Å². The van der Waals surface area contributed by atoms with Gasteiger partial charge in [0.2, 0.25) is 11.8 Å². The Hall–Kier alpha value is -3.65. The summed E-state index contributed by atoms with van der Waals surface area (Å²) in [6, 6.07) is 21.9. The molecule has 3 rings (SSSR count). The number of likely N-dealkylation sites (N-methyl/N-ethyl adjacent to an activating group) is 1. The first-order valence-corrected chi connectivity index (χ1v) is 12.8. The Kier molecular flexibility index (Phi) is 8.30. The highest BCUT2D eigenvalue weighted by atomic mass is 32.2. The second-order valence-corrected chi connectivity index (χ2v) is 10.3. The lowest BCUT2D eigenvalue weighted by molar-refractivity contribution is -0.139. The zero-order chi connectivity index (χ0) is 25.6. The largest absolute Gasteiger partial charge is 0.357 e. The number of nitrogens with one attached hydrogen (secondary N) is 1. The van der Waals surface area contributed by atoms with Gasteiger partial charge in [-0.3, -0.25) is 13.9 Å². The molecule has 1 atom stereocenters. The third-order valence-electron chi connectivity index (χ3n) is 5.79. The molecule has 0 heterocycles. The van der Waals surface area contributed by atoms with Crippen molar-refractivity contribution >= 4 is 27.5 Å². The topological polar surface area (TPSA) is 86.8 Å². The Balaban J connectivity index is 2.01. The third kappa shape index (κ3) is 6.27. The van der Waals surface area contributed by atoms with Crippen LogP contribution < -0.4 is 9.62 Å². The Morgan fingerprint density at radius 3 is 2.14 bits per heavy atom. The number of hydrogen-bond acceptors (Lipinski definition) is 4. The molecule has 8 heteroatoms. The summed E-state index contributed by atoms with van der Waals surface area (Å²) in [7, 11) is -2.54. The van der Waals surface area contributed by atoms with Crippen molar-refractivity contribution in [3.8, 4) is 0 Å². The standard InChI is InChI=1S/C27H31N3O4S/c1-20-13-15-23(16-14-20)18-29(22(3)27(32)28-4)26(31)19-30(24-10-8-9-21(2)17-24)35(33,34)25-11-6-5-7-12-25/h5-17,22H,18-19H2,1-4H3,(H,28,32). The zero-order valence-electron chi connectivity index (χ0n) is 20.4. The van der Waals surface area contributed by atoms with Crippen molar-refractivity contribution in [1.82, 2.24) is 10.2 Å². The van der Waals surface area contributed by atoms with Gasteiger partial charge in [-0.2, -0.15) is 0 Å². The van der Waals surface area contributed by atoms with Crippen molar-refractivity contribution in [3.05, 3.63) is 95.6 Å². The summed E-state index contributed by atoms with van der Waals surface area (Å²) < 4.78 is 28.4. The Morgan fingerprint density at radius 1 is 0.886 bits per heavy atom. The van der Waals surface area contributed by atoms with Crippen molar-refractivity contribution in [2.75, 3.05) is 17.9 Å². The number of aryl methyl sites for hydroxylation is 2. The lowest BCUT2D eigenvalue weighted by Gasteiger charge is -2.32. The quantitative estimate of drug-likeness (QED) is 0.493. The van der Waals surface area contributed by atoms with E-state index in [1.807, 2.05) is 44.2 Å². The van der Waals surface area contributed by atoms with Crippen LogP contribution in [0.2, 0.25) is 0 Å². The van der Waals surface area contributed by atoms with E-state index in [4.69, 9.17) is 0 Å². The molecule has 7 nitrogen and oxygen atoms in total. The molecule has 0 aliphatic carbocycles. The van der Waals surface area contributed by atoms with Crippen LogP contribution >= 0.6 is 0 Å². The highest BCUT2D eigenvalue weighted by Gasteiger charge is 2.32. The first-order valence-electron chi connectivity index (χ1n) is 11.3. The minimum absolute atomic E-state index is 0.0822. The molecule has 3 aromatic rings. The summed E-state index contributed by atoms with van der Waals surface area (Å²) in [5.41, 5.74) is 3.15. The monoisotopic (exact) mass is 493 g/mol. The number of sulfonamides is 1. The van der Waals surface area contributed by atoms with Crippen molar-refractivity contribution in [2.45, 2.75) is 38.3 Å². The van der Waals surface area contributed by atoms with Gasteiger partial charge in [-0.05, 0) is 56.2 Å². The van der Waals surface area contributed by atoms with E-state index >= 15 is 0 Å². The first-order chi connectivity index (χ1) is 16.6. The summed E-state index contributed by atoms with van der Waals surface area (Å²) in [5.74, 6) is -0.818. The third-order valence-corrected chi connectivity index (χ3v) is 7.58. The van der Waals surface area contributed by atoms with Crippen LogP contribution in [0.4, 0.5) is 5.69 Å². The van der Waals surface area contributed by atoms with Gasteiger partial charge in [0.05, 0.1) is 10.6 Å². The van der Waals surface area contributed by atoms with Gasteiger partial charge in [-0.15, -0.1) is 0 Å². The number of hydrogen-bond donors (Lipinski definition) is 1. The van der Waals surface area contributed by atoms with E-state index in [0.717, 1.165) is 21.0 Å². The number of carbonyl (C=O) groups is 2. The van der Waals surface area contributed by atoms with Gasteiger partial charge >= 0.3 is 0 Å². The van der Waals surface area contributed by atoms with Crippen LogP contribution in [0.15, 0.2) is 83.8 Å². The molecule has 0 saturated carbocycles. The fourth-order valence-electron chi connectivity index (χ4n) is 3.71. The molecule has 0 aliphatic heterocycles. The minimum Gasteiger partial charge on any atom is -0.357 e. The van der Waals surface area contributed by atoms with Crippen molar-refractivity contribution in [3.63, 3.8) is 0 Å². The molecule has 0 saturated heterocycles. The summed E-state index contributed by atoms with van der Waals surface area (Å²) in [4.78, 5) is 27.6. The number of amides is 2. The van der Waals surface area contributed by atoms with Gasteiger partial charge < -0.3 is 10.2 Å². The maximum atomic E-state index is 13.7. The average molecular weight is 494 g/mol.